The molecule has 22 heavy (non-hydrogen) atoms. The second kappa shape index (κ2) is 6.99. The molecule has 0 spiro atoms. The van der Waals surface area contributed by atoms with Crippen molar-refractivity contribution in [2.45, 2.75) is 37.8 Å². The van der Waals surface area contributed by atoms with Crippen LogP contribution in [0.3, 0.4) is 0 Å². The first-order chi connectivity index (χ1) is 10.6. The number of hydrogen-bond acceptors (Lipinski definition) is 3. The third-order valence-corrected chi connectivity index (χ3v) is 5.06. The Morgan fingerprint density at radius 1 is 1.23 bits per heavy atom. The van der Waals surface area contributed by atoms with E-state index in [0.717, 1.165) is 51.0 Å². The standard InChI is InChI=1S/C17H23ClN2O2/c18-14-4-1-3-13(11-14)12-17(22)20-9-7-19(8-10-20)15-5-2-6-16(15)21/h1,3-4,11,15-16,21H,2,5-10,12H2/t15-,16-/m1/s1. The van der Waals surface area contributed by atoms with Gasteiger partial charge in [0, 0.05) is 37.2 Å². The fourth-order valence-electron chi connectivity index (χ4n) is 3.58. The number of aliphatic hydroxyl groups excluding tert-OH is 1. The Kier molecular flexibility index (Phi) is 5.01. The van der Waals surface area contributed by atoms with Gasteiger partial charge in [-0.25, -0.2) is 0 Å². The number of rotatable bonds is 3. The van der Waals surface area contributed by atoms with E-state index in [-0.39, 0.29) is 12.0 Å². The SMILES string of the molecule is O=C(Cc1cccc(Cl)c1)N1CCN([C@@H]2CCC[C@H]2O)CC1. The van der Waals surface area contributed by atoms with E-state index in [1.165, 1.54) is 0 Å². The van der Waals surface area contributed by atoms with Gasteiger partial charge < -0.3 is 10.0 Å². The van der Waals surface area contributed by atoms with E-state index in [4.69, 9.17) is 11.6 Å². The molecule has 4 nitrogen and oxygen atoms in total. The van der Waals surface area contributed by atoms with Gasteiger partial charge in [-0.05, 0) is 37.0 Å². The molecule has 5 heteroatoms. The Balaban J connectivity index is 1.51. The van der Waals surface area contributed by atoms with E-state index in [1.54, 1.807) is 0 Å². The maximum atomic E-state index is 12.4. The molecule has 1 amide bonds. The number of carbonyl (C=O) groups is 1. The summed E-state index contributed by atoms with van der Waals surface area (Å²) < 4.78 is 0. The molecule has 1 aromatic rings. The maximum absolute atomic E-state index is 12.4. The van der Waals surface area contributed by atoms with Gasteiger partial charge in [-0.1, -0.05) is 23.7 Å². The summed E-state index contributed by atoms with van der Waals surface area (Å²) in [7, 11) is 0. The molecule has 1 saturated carbocycles. The molecule has 1 aromatic carbocycles. The molecule has 2 aliphatic rings. The van der Waals surface area contributed by atoms with Crippen molar-refractivity contribution in [2.24, 2.45) is 0 Å². The zero-order chi connectivity index (χ0) is 15.5. The summed E-state index contributed by atoms with van der Waals surface area (Å²) in [6.45, 7) is 3.23. The minimum Gasteiger partial charge on any atom is -0.391 e. The van der Waals surface area contributed by atoms with E-state index in [0.29, 0.717) is 17.5 Å². The molecule has 120 valence electrons. The van der Waals surface area contributed by atoms with Crippen molar-refractivity contribution in [3.05, 3.63) is 34.9 Å². The van der Waals surface area contributed by atoms with Crippen LogP contribution in [0.4, 0.5) is 0 Å². The summed E-state index contributed by atoms with van der Waals surface area (Å²) in [4.78, 5) is 16.7. The summed E-state index contributed by atoms with van der Waals surface area (Å²) in [5.41, 5.74) is 0.964. The van der Waals surface area contributed by atoms with Crippen molar-refractivity contribution in [2.75, 3.05) is 26.2 Å². The third kappa shape index (κ3) is 3.62. The molecule has 0 radical (unpaired) electrons. The molecule has 0 bridgehead atoms. The number of aliphatic hydroxyl groups is 1. The number of hydrogen-bond donors (Lipinski definition) is 1. The average molecular weight is 323 g/mol. The van der Waals surface area contributed by atoms with Gasteiger partial charge in [0.2, 0.25) is 5.91 Å². The monoisotopic (exact) mass is 322 g/mol. The summed E-state index contributed by atoms with van der Waals surface area (Å²) in [5.74, 6) is 0.161. The number of carbonyl (C=O) groups excluding carboxylic acids is 1. The molecule has 1 aliphatic carbocycles. The molecule has 0 aromatic heterocycles. The quantitative estimate of drug-likeness (QED) is 0.925. The summed E-state index contributed by atoms with van der Waals surface area (Å²) in [6.07, 6.45) is 3.33. The Hall–Kier alpha value is -1.10. The molecule has 2 fully saturated rings. The van der Waals surface area contributed by atoms with Crippen LogP contribution in [-0.2, 0) is 11.2 Å². The molecule has 0 unspecified atom stereocenters. The largest absolute Gasteiger partial charge is 0.391 e. The summed E-state index contributed by atoms with van der Waals surface area (Å²) in [6, 6.07) is 7.79. The van der Waals surface area contributed by atoms with Crippen molar-refractivity contribution >= 4 is 17.5 Å². The van der Waals surface area contributed by atoms with E-state index >= 15 is 0 Å². The highest BCUT2D eigenvalue weighted by Crippen LogP contribution is 2.25. The predicted molar refractivity (Wildman–Crippen MR) is 87.0 cm³/mol. The van der Waals surface area contributed by atoms with Crippen LogP contribution < -0.4 is 0 Å². The topological polar surface area (TPSA) is 43.8 Å². The minimum absolute atomic E-state index is 0.161. The van der Waals surface area contributed by atoms with Crippen molar-refractivity contribution in [3.63, 3.8) is 0 Å². The average Bonchev–Trinajstić information content (AvgIpc) is 2.93. The number of amides is 1. The van der Waals surface area contributed by atoms with Crippen LogP contribution in [0.2, 0.25) is 5.02 Å². The van der Waals surface area contributed by atoms with Crippen molar-refractivity contribution in [3.8, 4) is 0 Å². The lowest BCUT2D eigenvalue weighted by Gasteiger charge is -2.39. The van der Waals surface area contributed by atoms with E-state index in [9.17, 15) is 9.90 Å². The molecule has 1 N–H and O–H groups in total. The number of nitrogens with zero attached hydrogens (tertiary/aromatic N) is 2. The highest BCUT2D eigenvalue weighted by atomic mass is 35.5. The van der Waals surface area contributed by atoms with Crippen molar-refractivity contribution in [1.29, 1.82) is 0 Å². The van der Waals surface area contributed by atoms with Gasteiger partial charge in [0.15, 0.2) is 0 Å². The lowest BCUT2D eigenvalue weighted by molar-refractivity contribution is -0.132. The molecule has 2 atom stereocenters. The van der Waals surface area contributed by atoms with Crippen LogP contribution in [0.15, 0.2) is 24.3 Å². The van der Waals surface area contributed by atoms with Crippen LogP contribution >= 0.6 is 11.6 Å². The van der Waals surface area contributed by atoms with Gasteiger partial charge in [-0.15, -0.1) is 0 Å². The molecular formula is C17H23ClN2O2. The number of piperazine rings is 1. The van der Waals surface area contributed by atoms with Crippen LogP contribution in [0, 0.1) is 0 Å². The zero-order valence-electron chi connectivity index (χ0n) is 12.7. The summed E-state index contributed by atoms with van der Waals surface area (Å²) in [5, 5.41) is 10.7. The molecule has 1 heterocycles. The van der Waals surface area contributed by atoms with Gasteiger partial charge >= 0.3 is 0 Å². The maximum Gasteiger partial charge on any atom is 0.227 e. The van der Waals surface area contributed by atoms with E-state index < -0.39 is 0 Å². The van der Waals surface area contributed by atoms with Gasteiger partial charge in [0.1, 0.15) is 0 Å². The first-order valence-electron chi connectivity index (χ1n) is 8.08. The van der Waals surface area contributed by atoms with Gasteiger partial charge in [0.05, 0.1) is 12.5 Å². The van der Waals surface area contributed by atoms with Gasteiger partial charge in [0.25, 0.3) is 0 Å². The van der Waals surface area contributed by atoms with Crippen LogP contribution in [0.25, 0.3) is 0 Å². The second-order valence-corrected chi connectivity index (χ2v) is 6.73. The molecule has 1 aliphatic heterocycles. The highest BCUT2D eigenvalue weighted by Gasteiger charge is 2.33. The molecule has 1 saturated heterocycles. The zero-order valence-corrected chi connectivity index (χ0v) is 13.5. The number of halogens is 1. The lowest BCUT2D eigenvalue weighted by Crippen LogP contribution is -2.53. The second-order valence-electron chi connectivity index (χ2n) is 6.29. The molecular weight excluding hydrogens is 300 g/mol. The fourth-order valence-corrected chi connectivity index (χ4v) is 3.80. The lowest BCUT2D eigenvalue weighted by atomic mass is 10.1. The Labute approximate surface area is 136 Å². The first-order valence-corrected chi connectivity index (χ1v) is 8.45. The highest BCUT2D eigenvalue weighted by molar-refractivity contribution is 6.30. The first kappa shape index (κ1) is 15.8. The van der Waals surface area contributed by atoms with Crippen LogP contribution in [-0.4, -0.2) is 59.1 Å². The Morgan fingerprint density at radius 3 is 2.64 bits per heavy atom. The van der Waals surface area contributed by atoms with Crippen LogP contribution in [0.5, 0.6) is 0 Å². The third-order valence-electron chi connectivity index (χ3n) is 4.82. The van der Waals surface area contributed by atoms with E-state index in [2.05, 4.69) is 4.90 Å². The minimum atomic E-state index is -0.186. The Morgan fingerprint density at radius 2 is 2.00 bits per heavy atom. The fraction of sp³-hybridized carbons (Fsp3) is 0.588. The van der Waals surface area contributed by atoms with Crippen molar-refractivity contribution in [1.82, 2.24) is 9.80 Å². The smallest absolute Gasteiger partial charge is 0.227 e. The predicted octanol–water partition coefficient (Wildman–Crippen LogP) is 1.94. The number of benzene rings is 1. The normalized spacial score (nSPS) is 26.4. The summed E-state index contributed by atoms with van der Waals surface area (Å²) >= 11 is 5.96. The van der Waals surface area contributed by atoms with Gasteiger partial charge in [-0.2, -0.15) is 0 Å². The Bertz CT molecular complexity index is 529. The van der Waals surface area contributed by atoms with Crippen LogP contribution in [0.1, 0.15) is 24.8 Å². The van der Waals surface area contributed by atoms with Crippen molar-refractivity contribution < 1.29 is 9.90 Å². The van der Waals surface area contributed by atoms with E-state index in [1.807, 2.05) is 29.2 Å². The van der Waals surface area contributed by atoms with Gasteiger partial charge in [-0.3, -0.25) is 9.69 Å². The molecule has 3 rings (SSSR count).